The fourth-order valence-electron chi connectivity index (χ4n) is 1.45. The molecule has 2 aromatic rings. The van der Waals surface area contributed by atoms with Crippen LogP contribution in [0.1, 0.15) is 21.9 Å². The molecule has 0 spiro atoms. The minimum atomic E-state index is -0.384. The molecule has 0 atom stereocenters. The number of nitrogens with zero attached hydrogens (tertiary/aromatic N) is 2. The van der Waals surface area contributed by atoms with Crippen molar-refractivity contribution in [1.29, 1.82) is 0 Å². The minimum absolute atomic E-state index is 0.0791. The van der Waals surface area contributed by atoms with Crippen LogP contribution in [0.5, 0.6) is 0 Å². The van der Waals surface area contributed by atoms with Crippen molar-refractivity contribution < 1.29 is 4.79 Å². The van der Waals surface area contributed by atoms with Gasteiger partial charge in [-0.3, -0.25) is 9.59 Å². The molecule has 92 valence electrons. The van der Waals surface area contributed by atoms with Crippen molar-refractivity contribution >= 4 is 17.4 Å². The fraction of sp³-hybridized carbons (Fsp3) is 0.167. The quantitative estimate of drug-likeness (QED) is 0.853. The SMILES string of the molecule is Cc1nnc(CC(=O)c2ccc(Cl)cc2)c(=O)[nH]1. The predicted octanol–water partition coefficient (Wildman–Crippen LogP) is 1.55. The van der Waals surface area contributed by atoms with Gasteiger partial charge in [0.25, 0.3) is 5.56 Å². The Morgan fingerprint density at radius 3 is 2.56 bits per heavy atom. The molecule has 6 heteroatoms. The lowest BCUT2D eigenvalue weighted by Gasteiger charge is -2.00. The first-order valence-electron chi connectivity index (χ1n) is 5.27. The number of rotatable bonds is 3. The van der Waals surface area contributed by atoms with Crippen molar-refractivity contribution in [3.8, 4) is 0 Å². The Hall–Kier alpha value is -2.01. The van der Waals surface area contributed by atoms with Crippen LogP contribution in [0.4, 0.5) is 0 Å². The lowest BCUT2D eigenvalue weighted by molar-refractivity contribution is 0.0991. The standard InChI is InChI=1S/C12H10ClN3O2/c1-7-14-12(18)10(16-15-7)6-11(17)8-2-4-9(13)5-3-8/h2-5H,6H2,1H3,(H,14,15,18). The van der Waals surface area contributed by atoms with E-state index in [0.717, 1.165) is 0 Å². The lowest BCUT2D eigenvalue weighted by atomic mass is 10.1. The van der Waals surface area contributed by atoms with Crippen molar-refractivity contribution in [1.82, 2.24) is 15.2 Å². The number of carbonyl (C=O) groups is 1. The van der Waals surface area contributed by atoms with E-state index in [1.165, 1.54) is 0 Å². The third-order valence-corrected chi connectivity index (χ3v) is 2.62. The summed E-state index contributed by atoms with van der Waals surface area (Å²) in [6.45, 7) is 1.62. The van der Waals surface area contributed by atoms with Crippen LogP contribution >= 0.6 is 11.6 Å². The first-order valence-corrected chi connectivity index (χ1v) is 5.65. The first-order chi connectivity index (χ1) is 8.56. The molecule has 0 bridgehead atoms. The second-order valence-electron chi connectivity index (χ2n) is 3.79. The smallest absolute Gasteiger partial charge is 0.273 e. The zero-order valence-electron chi connectivity index (χ0n) is 9.61. The van der Waals surface area contributed by atoms with Gasteiger partial charge >= 0.3 is 0 Å². The lowest BCUT2D eigenvalue weighted by Crippen LogP contribution is -2.21. The van der Waals surface area contributed by atoms with Crippen molar-refractivity contribution in [3.63, 3.8) is 0 Å². The van der Waals surface area contributed by atoms with Crippen LogP contribution < -0.4 is 5.56 Å². The Balaban J connectivity index is 2.21. The zero-order chi connectivity index (χ0) is 13.1. The van der Waals surface area contributed by atoms with E-state index in [0.29, 0.717) is 16.4 Å². The highest BCUT2D eigenvalue weighted by Crippen LogP contribution is 2.10. The van der Waals surface area contributed by atoms with E-state index >= 15 is 0 Å². The van der Waals surface area contributed by atoms with Gasteiger partial charge in [0.2, 0.25) is 0 Å². The normalized spacial score (nSPS) is 10.3. The summed E-state index contributed by atoms with van der Waals surface area (Å²) >= 11 is 5.73. The Bertz CT molecular complexity index is 635. The number of carbonyl (C=O) groups excluding carboxylic acids is 1. The number of aromatic nitrogens is 3. The molecule has 1 N–H and O–H groups in total. The van der Waals surface area contributed by atoms with Crippen LogP contribution in [-0.2, 0) is 6.42 Å². The number of hydrogen-bond donors (Lipinski definition) is 1. The van der Waals surface area contributed by atoms with Gasteiger partial charge in [-0.05, 0) is 31.2 Å². The number of aromatic amines is 1. The molecule has 1 aromatic carbocycles. The fourth-order valence-corrected chi connectivity index (χ4v) is 1.57. The molecule has 0 aliphatic heterocycles. The summed E-state index contributed by atoms with van der Waals surface area (Å²) in [5.41, 5.74) is 0.214. The molecule has 1 aromatic heterocycles. The van der Waals surface area contributed by atoms with Crippen LogP contribution in [0.3, 0.4) is 0 Å². The molecule has 0 unspecified atom stereocenters. The van der Waals surface area contributed by atoms with Gasteiger partial charge in [-0.25, -0.2) is 0 Å². The van der Waals surface area contributed by atoms with Crippen LogP contribution in [0.2, 0.25) is 5.02 Å². The maximum Gasteiger partial charge on any atom is 0.273 e. The van der Waals surface area contributed by atoms with Crippen LogP contribution in [0.25, 0.3) is 0 Å². The molecule has 0 radical (unpaired) electrons. The summed E-state index contributed by atoms with van der Waals surface area (Å²) in [7, 11) is 0. The second kappa shape index (κ2) is 5.10. The summed E-state index contributed by atoms with van der Waals surface area (Å²) < 4.78 is 0. The monoisotopic (exact) mass is 263 g/mol. The molecular formula is C12H10ClN3O2. The number of ketones is 1. The average Bonchev–Trinajstić information content (AvgIpc) is 2.33. The van der Waals surface area contributed by atoms with Gasteiger partial charge in [0.15, 0.2) is 5.78 Å². The number of halogens is 1. The second-order valence-corrected chi connectivity index (χ2v) is 4.23. The molecule has 0 saturated heterocycles. The zero-order valence-corrected chi connectivity index (χ0v) is 10.4. The molecule has 5 nitrogen and oxygen atoms in total. The van der Waals surface area contributed by atoms with E-state index in [9.17, 15) is 9.59 Å². The van der Waals surface area contributed by atoms with Gasteiger partial charge < -0.3 is 4.98 Å². The minimum Gasteiger partial charge on any atom is -0.308 e. The van der Waals surface area contributed by atoms with Crippen LogP contribution in [-0.4, -0.2) is 21.0 Å². The Kier molecular flexibility index (Phi) is 3.53. The van der Waals surface area contributed by atoms with Crippen molar-refractivity contribution in [3.05, 3.63) is 56.7 Å². The highest BCUT2D eigenvalue weighted by atomic mass is 35.5. The molecule has 18 heavy (non-hydrogen) atoms. The summed E-state index contributed by atoms with van der Waals surface area (Å²) in [6.07, 6.45) is -0.0791. The van der Waals surface area contributed by atoms with E-state index < -0.39 is 0 Å². The number of hydrogen-bond acceptors (Lipinski definition) is 4. The number of aryl methyl sites for hydroxylation is 1. The van der Waals surface area contributed by atoms with Gasteiger partial charge in [-0.2, -0.15) is 0 Å². The Labute approximate surface area is 108 Å². The van der Waals surface area contributed by atoms with Crippen LogP contribution in [0.15, 0.2) is 29.1 Å². The molecular weight excluding hydrogens is 254 g/mol. The number of nitrogens with one attached hydrogen (secondary N) is 1. The van der Waals surface area contributed by atoms with Crippen molar-refractivity contribution in [2.45, 2.75) is 13.3 Å². The summed E-state index contributed by atoms with van der Waals surface area (Å²) in [5, 5.41) is 8.00. The van der Waals surface area contributed by atoms with Gasteiger partial charge in [0.1, 0.15) is 11.5 Å². The largest absolute Gasteiger partial charge is 0.308 e. The number of H-pyrrole nitrogens is 1. The topological polar surface area (TPSA) is 75.7 Å². The molecule has 1 heterocycles. The van der Waals surface area contributed by atoms with E-state index in [-0.39, 0.29) is 23.5 Å². The molecule has 0 aliphatic carbocycles. The third kappa shape index (κ3) is 2.81. The molecule has 0 fully saturated rings. The summed E-state index contributed by atoms with van der Waals surface area (Å²) in [4.78, 5) is 25.9. The van der Waals surface area contributed by atoms with E-state index in [1.54, 1.807) is 31.2 Å². The predicted molar refractivity (Wildman–Crippen MR) is 66.9 cm³/mol. The van der Waals surface area contributed by atoms with E-state index in [4.69, 9.17) is 11.6 Å². The van der Waals surface area contributed by atoms with Crippen LogP contribution in [0, 0.1) is 6.92 Å². The first kappa shape index (κ1) is 12.4. The van der Waals surface area contributed by atoms with Crippen molar-refractivity contribution in [2.24, 2.45) is 0 Å². The highest BCUT2D eigenvalue weighted by molar-refractivity contribution is 6.30. The average molecular weight is 264 g/mol. The molecule has 2 rings (SSSR count). The highest BCUT2D eigenvalue weighted by Gasteiger charge is 2.11. The van der Waals surface area contributed by atoms with Gasteiger partial charge in [-0.15, -0.1) is 10.2 Å². The van der Waals surface area contributed by atoms with Crippen molar-refractivity contribution in [2.75, 3.05) is 0 Å². The van der Waals surface area contributed by atoms with Gasteiger partial charge in [-0.1, -0.05) is 11.6 Å². The number of Topliss-reactive ketones (excluding diaryl/α,β-unsaturated/α-hetero) is 1. The number of benzene rings is 1. The van der Waals surface area contributed by atoms with E-state index in [1.807, 2.05) is 0 Å². The van der Waals surface area contributed by atoms with Gasteiger partial charge in [0.05, 0.1) is 6.42 Å². The summed E-state index contributed by atoms with van der Waals surface area (Å²) in [5.74, 6) is 0.220. The third-order valence-electron chi connectivity index (χ3n) is 2.37. The molecule has 0 amide bonds. The Morgan fingerprint density at radius 1 is 1.28 bits per heavy atom. The van der Waals surface area contributed by atoms with E-state index in [2.05, 4.69) is 15.2 Å². The molecule has 0 saturated carbocycles. The molecule has 0 aliphatic rings. The van der Waals surface area contributed by atoms with Gasteiger partial charge in [0, 0.05) is 10.6 Å². The Morgan fingerprint density at radius 2 is 1.94 bits per heavy atom. The maximum atomic E-state index is 11.9. The summed E-state index contributed by atoms with van der Waals surface area (Å²) in [6, 6.07) is 6.47. The maximum absolute atomic E-state index is 11.9.